The van der Waals surface area contributed by atoms with Gasteiger partial charge < -0.3 is 10.3 Å². The van der Waals surface area contributed by atoms with Gasteiger partial charge in [0.2, 0.25) is 5.95 Å². The van der Waals surface area contributed by atoms with E-state index in [4.69, 9.17) is 0 Å². The first-order chi connectivity index (χ1) is 10.0. The van der Waals surface area contributed by atoms with Gasteiger partial charge in [0.15, 0.2) is 0 Å². The molecule has 0 fully saturated rings. The van der Waals surface area contributed by atoms with E-state index in [-0.39, 0.29) is 23.5 Å². The molecule has 1 aromatic heterocycles. The normalized spacial score (nSPS) is 10.7. The molecule has 0 spiro atoms. The van der Waals surface area contributed by atoms with Crippen LogP contribution in [0.1, 0.15) is 64.5 Å². The number of aromatic amines is 1. The number of unbranched alkanes of at least 4 members (excludes halogenated alkanes) is 4. The van der Waals surface area contributed by atoms with E-state index >= 15 is 0 Å². The van der Waals surface area contributed by atoms with Crippen LogP contribution in [0.4, 0.5) is 10.7 Å². The molecule has 0 saturated heterocycles. The van der Waals surface area contributed by atoms with Crippen LogP contribution in [-0.2, 0) is 0 Å². The topological polar surface area (TPSA) is 86.9 Å². The molecular formula is C15H26N4O2. The van der Waals surface area contributed by atoms with Crippen molar-refractivity contribution in [2.75, 3.05) is 11.9 Å². The number of hydrogen-bond acceptors (Lipinski definition) is 3. The number of rotatable bonds is 8. The molecule has 0 aliphatic carbocycles. The summed E-state index contributed by atoms with van der Waals surface area (Å²) in [6.45, 7) is 6.73. The van der Waals surface area contributed by atoms with Gasteiger partial charge in [0.25, 0.3) is 5.56 Å². The number of anilines is 1. The maximum Gasteiger partial charge on any atom is 0.321 e. The van der Waals surface area contributed by atoms with E-state index in [0.29, 0.717) is 6.54 Å². The van der Waals surface area contributed by atoms with Crippen molar-refractivity contribution in [1.29, 1.82) is 0 Å². The predicted octanol–water partition coefficient (Wildman–Crippen LogP) is 2.99. The molecule has 0 aliphatic heterocycles. The molecule has 0 bridgehead atoms. The van der Waals surface area contributed by atoms with Crippen molar-refractivity contribution in [3.8, 4) is 0 Å². The van der Waals surface area contributed by atoms with Crippen molar-refractivity contribution < 1.29 is 4.79 Å². The first kappa shape index (κ1) is 17.2. The first-order valence-electron chi connectivity index (χ1n) is 7.69. The lowest BCUT2D eigenvalue weighted by molar-refractivity contribution is 0.251. The molecular weight excluding hydrogens is 268 g/mol. The highest BCUT2D eigenvalue weighted by Crippen LogP contribution is 2.09. The number of H-pyrrole nitrogens is 1. The van der Waals surface area contributed by atoms with Crippen LogP contribution in [0.5, 0.6) is 0 Å². The fraction of sp³-hybridized carbons (Fsp3) is 0.667. The summed E-state index contributed by atoms with van der Waals surface area (Å²) in [6.07, 6.45) is 5.72. The summed E-state index contributed by atoms with van der Waals surface area (Å²) in [5.74, 6) is 0.359. The van der Waals surface area contributed by atoms with E-state index in [0.717, 1.165) is 18.5 Å². The van der Waals surface area contributed by atoms with Gasteiger partial charge in [-0.05, 0) is 12.3 Å². The van der Waals surface area contributed by atoms with Gasteiger partial charge in [0.05, 0.1) is 0 Å². The molecule has 6 nitrogen and oxygen atoms in total. The van der Waals surface area contributed by atoms with Gasteiger partial charge in [-0.2, -0.15) is 4.98 Å². The van der Waals surface area contributed by atoms with Gasteiger partial charge in [-0.25, -0.2) is 4.79 Å². The smallest absolute Gasteiger partial charge is 0.321 e. The fourth-order valence-corrected chi connectivity index (χ4v) is 1.93. The van der Waals surface area contributed by atoms with E-state index in [9.17, 15) is 9.59 Å². The van der Waals surface area contributed by atoms with Crippen molar-refractivity contribution >= 4 is 12.0 Å². The van der Waals surface area contributed by atoms with Crippen LogP contribution in [0.2, 0.25) is 0 Å². The number of urea groups is 1. The van der Waals surface area contributed by atoms with E-state index in [2.05, 4.69) is 27.5 Å². The van der Waals surface area contributed by atoms with Crippen molar-refractivity contribution in [2.45, 2.75) is 58.8 Å². The number of hydrogen-bond donors (Lipinski definition) is 3. The number of carbonyl (C=O) groups excluding carboxylic acids is 1. The summed E-state index contributed by atoms with van der Waals surface area (Å²) in [7, 11) is 0. The second-order valence-corrected chi connectivity index (χ2v) is 5.47. The molecule has 0 saturated carbocycles. The maximum atomic E-state index is 11.7. The Balaban J connectivity index is 2.39. The molecule has 3 N–H and O–H groups in total. The highest BCUT2D eigenvalue weighted by atomic mass is 16.2. The third-order valence-corrected chi connectivity index (χ3v) is 3.18. The fourth-order valence-electron chi connectivity index (χ4n) is 1.93. The van der Waals surface area contributed by atoms with Gasteiger partial charge in [0, 0.05) is 18.3 Å². The van der Waals surface area contributed by atoms with E-state index in [1.165, 1.54) is 25.3 Å². The summed E-state index contributed by atoms with van der Waals surface area (Å²) in [4.78, 5) is 29.9. The Morgan fingerprint density at radius 3 is 2.67 bits per heavy atom. The molecule has 0 unspecified atom stereocenters. The lowest BCUT2D eigenvalue weighted by Crippen LogP contribution is -2.31. The second-order valence-electron chi connectivity index (χ2n) is 5.47. The molecule has 0 aliphatic rings. The van der Waals surface area contributed by atoms with Crippen molar-refractivity contribution in [3.63, 3.8) is 0 Å². The Labute approximate surface area is 125 Å². The molecule has 21 heavy (non-hydrogen) atoms. The summed E-state index contributed by atoms with van der Waals surface area (Å²) < 4.78 is 0. The number of amides is 2. The van der Waals surface area contributed by atoms with Crippen LogP contribution in [0, 0.1) is 0 Å². The summed E-state index contributed by atoms with van der Waals surface area (Å²) >= 11 is 0. The minimum atomic E-state index is -0.354. The minimum Gasteiger partial charge on any atom is -0.338 e. The van der Waals surface area contributed by atoms with Gasteiger partial charge in [-0.1, -0.05) is 46.5 Å². The zero-order valence-corrected chi connectivity index (χ0v) is 13.2. The largest absolute Gasteiger partial charge is 0.338 e. The van der Waals surface area contributed by atoms with E-state index in [1.807, 2.05) is 13.8 Å². The van der Waals surface area contributed by atoms with Crippen LogP contribution in [0.3, 0.4) is 0 Å². The van der Waals surface area contributed by atoms with Crippen molar-refractivity contribution in [2.24, 2.45) is 0 Å². The minimum absolute atomic E-state index is 0.169. The molecule has 1 heterocycles. The molecule has 0 atom stereocenters. The van der Waals surface area contributed by atoms with Crippen LogP contribution in [0.15, 0.2) is 10.9 Å². The summed E-state index contributed by atoms with van der Waals surface area (Å²) in [5.41, 5.74) is 0.400. The lowest BCUT2D eigenvalue weighted by Gasteiger charge is -2.09. The van der Waals surface area contributed by atoms with Crippen molar-refractivity contribution in [1.82, 2.24) is 15.3 Å². The summed E-state index contributed by atoms with van der Waals surface area (Å²) in [6, 6.07) is 1.11. The van der Waals surface area contributed by atoms with Gasteiger partial charge in [0.1, 0.15) is 0 Å². The van der Waals surface area contributed by atoms with E-state index < -0.39 is 0 Å². The average molecular weight is 294 g/mol. The Kier molecular flexibility index (Phi) is 7.50. The standard InChI is InChI=1S/C15H26N4O2/c1-4-5-6-7-8-9-16-15(21)19-14-17-12(11(2)3)10-13(20)18-14/h10-11H,4-9H2,1-3H3,(H3,16,17,18,19,20,21). The molecule has 0 radical (unpaired) electrons. The Bertz CT molecular complexity index is 497. The Hall–Kier alpha value is -1.85. The molecule has 0 aromatic carbocycles. The quantitative estimate of drug-likeness (QED) is 0.644. The SMILES string of the molecule is CCCCCCCNC(=O)Nc1nc(=O)cc(C(C)C)[nH]1. The number of nitrogens with one attached hydrogen (secondary N) is 3. The first-order valence-corrected chi connectivity index (χ1v) is 7.69. The number of aromatic nitrogens is 2. The third-order valence-electron chi connectivity index (χ3n) is 3.18. The van der Waals surface area contributed by atoms with Crippen LogP contribution < -0.4 is 16.2 Å². The Morgan fingerprint density at radius 2 is 2.00 bits per heavy atom. The van der Waals surface area contributed by atoms with Gasteiger partial charge >= 0.3 is 6.03 Å². The molecule has 1 rings (SSSR count). The van der Waals surface area contributed by atoms with Crippen molar-refractivity contribution in [3.05, 3.63) is 22.1 Å². The zero-order chi connectivity index (χ0) is 15.7. The zero-order valence-electron chi connectivity index (χ0n) is 13.2. The van der Waals surface area contributed by atoms with E-state index in [1.54, 1.807) is 0 Å². The van der Waals surface area contributed by atoms with Crippen LogP contribution in [-0.4, -0.2) is 22.5 Å². The number of nitrogens with zero attached hydrogens (tertiary/aromatic N) is 1. The van der Waals surface area contributed by atoms with Gasteiger partial charge in [-0.3, -0.25) is 10.1 Å². The predicted molar refractivity (Wildman–Crippen MR) is 84.7 cm³/mol. The van der Waals surface area contributed by atoms with Gasteiger partial charge in [-0.15, -0.1) is 0 Å². The highest BCUT2D eigenvalue weighted by Gasteiger charge is 2.07. The lowest BCUT2D eigenvalue weighted by atomic mass is 10.1. The molecule has 2 amide bonds. The molecule has 118 valence electrons. The Morgan fingerprint density at radius 1 is 1.29 bits per heavy atom. The summed E-state index contributed by atoms with van der Waals surface area (Å²) in [5, 5.41) is 5.33. The third kappa shape index (κ3) is 6.92. The molecule has 1 aromatic rings. The molecule has 6 heteroatoms. The average Bonchev–Trinajstić information content (AvgIpc) is 2.42. The number of carbonyl (C=O) groups is 1. The van der Waals surface area contributed by atoms with Crippen LogP contribution >= 0.6 is 0 Å². The van der Waals surface area contributed by atoms with Crippen LogP contribution in [0.25, 0.3) is 0 Å². The maximum absolute atomic E-state index is 11.7. The highest BCUT2D eigenvalue weighted by molar-refractivity contribution is 5.87. The second kappa shape index (κ2) is 9.15. The monoisotopic (exact) mass is 294 g/mol.